The first-order valence-electron chi connectivity index (χ1n) is 4.85. The molecule has 0 saturated heterocycles. The van der Waals surface area contributed by atoms with E-state index in [2.05, 4.69) is 10.2 Å². The summed E-state index contributed by atoms with van der Waals surface area (Å²) in [5, 5.41) is 11.4. The van der Waals surface area contributed by atoms with E-state index in [0.717, 1.165) is 21.6 Å². The molecule has 0 unspecified atom stereocenters. The molecule has 1 heterocycles. The monoisotopic (exact) mass is 254 g/mol. The predicted molar refractivity (Wildman–Crippen MR) is 67.1 cm³/mol. The lowest BCUT2D eigenvalue weighted by Gasteiger charge is -2.04. The van der Waals surface area contributed by atoms with E-state index in [1.807, 2.05) is 24.3 Å². The van der Waals surface area contributed by atoms with E-state index in [4.69, 9.17) is 16.3 Å². The predicted octanol–water partition coefficient (Wildman–Crippen LogP) is 3.02. The van der Waals surface area contributed by atoms with E-state index in [0.29, 0.717) is 11.8 Å². The number of ether oxygens (including phenoxy) is 1. The van der Waals surface area contributed by atoms with Crippen LogP contribution in [-0.2, 0) is 4.74 Å². The number of aromatic nitrogens is 2. The van der Waals surface area contributed by atoms with Crippen molar-refractivity contribution in [3.8, 4) is 0 Å². The Bertz CT molecular complexity index is 492. The fourth-order valence-electron chi connectivity index (χ4n) is 1.37. The number of thioether (sulfide) groups is 1. The third-order valence-electron chi connectivity index (χ3n) is 2.13. The van der Waals surface area contributed by atoms with Gasteiger partial charge in [-0.3, -0.25) is 0 Å². The second kappa shape index (κ2) is 5.48. The Labute approximate surface area is 103 Å². The number of rotatable bonds is 4. The summed E-state index contributed by atoms with van der Waals surface area (Å²) in [6.45, 7) is 0.698. The highest BCUT2D eigenvalue weighted by Gasteiger charge is 2.07. The van der Waals surface area contributed by atoms with Crippen LogP contribution in [0, 0.1) is 0 Å². The number of hydrogen-bond donors (Lipinski definition) is 0. The van der Waals surface area contributed by atoms with Crippen molar-refractivity contribution in [3.63, 3.8) is 0 Å². The molecule has 3 nitrogen and oxygen atoms in total. The smallest absolute Gasteiger partial charge is 0.159 e. The van der Waals surface area contributed by atoms with Gasteiger partial charge in [-0.15, -0.1) is 22.0 Å². The maximum absolute atomic E-state index is 5.98. The Kier molecular flexibility index (Phi) is 3.98. The van der Waals surface area contributed by atoms with Crippen LogP contribution < -0.4 is 0 Å². The third kappa shape index (κ3) is 2.45. The van der Waals surface area contributed by atoms with Crippen LogP contribution in [0.15, 0.2) is 29.3 Å². The fraction of sp³-hybridized carbons (Fsp3) is 0.273. The first kappa shape index (κ1) is 11.6. The third-order valence-corrected chi connectivity index (χ3v) is 3.36. The van der Waals surface area contributed by atoms with Crippen molar-refractivity contribution in [2.24, 2.45) is 0 Å². The van der Waals surface area contributed by atoms with Gasteiger partial charge in [-0.25, -0.2) is 0 Å². The lowest BCUT2D eigenvalue weighted by Crippen LogP contribution is -1.94. The van der Waals surface area contributed by atoms with Crippen LogP contribution in [0.5, 0.6) is 0 Å². The van der Waals surface area contributed by atoms with E-state index >= 15 is 0 Å². The number of benzene rings is 1. The van der Waals surface area contributed by atoms with Crippen molar-refractivity contribution >= 4 is 34.1 Å². The van der Waals surface area contributed by atoms with Gasteiger partial charge in [0.15, 0.2) is 5.15 Å². The molecule has 0 radical (unpaired) electrons. The maximum Gasteiger partial charge on any atom is 0.159 e. The fourth-order valence-corrected chi connectivity index (χ4v) is 2.45. The van der Waals surface area contributed by atoms with Crippen LogP contribution >= 0.6 is 23.4 Å². The average molecular weight is 255 g/mol. The Morgan fingerprint density at radius 2 is 2.00 bits per heavy atom. The van der Waals surface area contributed by atoms with Gasteiger partial charge in [0.05, 0.1) is 6.61 Å². The van der Waals surface area contributed by atoms with Gasteiger partial charge in [0.2, 0.25) is 0 Å². The molecule has 84 valence electrons. The molecule has 0 N–H and O–H groups in total. The maximum atomic E-state index is 5.98. The molecule has 0 fully saturated rings. The molecule has 0 bridgehead atoms. The lowest BCUT2D eigenvalue weighted by atomic mass is 10.2. The summed E-state index contributed by atoms with van der Waals surface area (Å²) in [7, 11) is 1.69. The molecule has 1 aromatic carbocycles. The van der Waals surface area contributed by atoms with Gasteiger partial charge in [-0.2, -0.15) is 0 Å². The van der Waals surface area contributed by atoms with E-state index in [9.17, 15) is 0 Å². The summed E-state index contributed by atoms with van der Waals surface area (Å²) < 4.78 is 5.00. The molecule has 0 aliphatic heterocycles. The van der Waals surface area contributed by atoms with Crippen LogP contribution in [0.1, 0.15) is 0 Å². The molecule has 5 heteroatoms. The molecular formula is C11H11ClN2OS. The van der Waals surface area contributed by atoms with Gasteiger partial charge in [0, 0.05) is 23.6 Å². The van der Waals surface area contributed by atoms with E-state index in [1.165, 1.54) is 0 Å². The van der Waals surface area contributed by atoms with Crippen molar-refractivity contribution in [3.05, 3.63) is 29.4 Å². The molecule has 2 rings (SSSR count). The second-order valence-corrected chi connectivity index (χ2v) is 4.62. The zero-order chi connectivity index (χ0) is 11.4. The van der Waals surface area contributed by atoms with E-state index in [1.54, 1.807) is 18.9 Å². The Morgan fingerprint density at radius 3 is 2.75 bits per heavy atom. The molecule has 0 aliphatic rings. The molecule has 16 heavy (non-hydrogen) atoms. The first-order chi connectivity index (χ1) is 7.83. The van der Waals surface area contributed by atoms with Crippen molar-refractivity contribution in [2.45, 2.75) is 5.03 Å². The SMILES string of the molecule is COCCSc1nnc(Cl)c2ccccc12. The minimum absolute atomic E-state index is 0.451. The van der Waals surface area contributed by atoms with Gasteiger partial charge in [0.25, 0.3) is 0 Å². The zero-order valence-corrected chi connectivity index (χ0v) is 10.4. The van der Waals surface area contributed by atoms with Crippen molar-refractivity contribution < 1.29 is 4.74 Å². The lowest BCUT2D eigenvalue weighted by molar-refractivity contribution is 0.218. The summed E-state index contributed by atoms with van der Waals surface area (Å²) >= 11 is 7.61. The summed E-state index contributed by atoms with van der Waals surface area (Å²) in [5.74, 6) is 0.858. The average Bonchev–Trinajstić information content (AvgIpc) is 2.33. The van der Waals surface area contributed by atoms with Crippen LogP contribution in [0.3, 0.4) is 0 Å². The van der Waals surface area contributed by atoms with Crippen LogP contribution in [0.2, 0.25) is 5.15 Å². The molecule has 0 amide bonds. The number of halogens is 1. The summed E-state index contributed by atoms with van der Waals surface area (Å²) in [4.78, 5) is 0. The summed E-state index contributed by atoms with van der Waals surface area (Å²) in [6.07, 6.45) is 0. The topological polar surface area (TPSA) is 35.0 Å². The van der Waals surface area contributed by atoms with Gasteiger partial charge < -0.3 is 4.74 Å². The Hall–Kier alpha value is -0.840. The normalized spacial score (nSPS) is 10.9. The van der Waals surface area contributed by atoms with Crippen LogP contribution in [0.4, 0.5) is 0 Å². The van der Waals surface area contributed by atoms with Crippen LogP contribution in [-0.4, -0.2) is 29.7 Å². The van der Waals surface area contributed by atoms with Gasteiger partial charge in [-0.05, 0) is 0 Å². The van der Waals surface area contributed by atoms with E-state index < -0.39 is 0 Å². The largest absolute Gasteiger partial charge is 0.384 e. The minimum Gasteiger partial charge on any atom is -0.384 e. The molecular weight excluding hydrogens is 244 g/mol. The van der Waals surface area contributed by atoms with Crippen molar-refractivity contribution in [2.75, 3.05) is 19.5 Å². The van der Waals surface area contributed by atoms with Crippen molar-refractivity contribution in [1.82, 2.24) is 10.2 Å². The Morgan fingerprint density at radius 1 is 1.25 bits per heavy atom. The second-order valence-electron chi connectivity index (χ2n) is 3.18. The molecule has 0 spiro atoms. The molecule has 0 aliphatic carbocycles. The quantitative estimate of drug-likeness (QED) is 0.621. The molecule has 2 aromatic rings. The van der Waals surface area contributed by atoms with E-state index in [-0.39, 0.29) is 0 Å². The van der Waals surface area contributed by atoms with Gasteiger partial charge >= 0.3 is 0 Å². The number of hydrogen-bond acceptors (Lipinski definition) is 4. The zero-order valence-electron chi connectivity index (χ0n) is 8.81. The standard InChI is InChI=1S/C11H11ClN2OS/c1-15-6-7-16-11-9-5-3-2-4-8(9)10(12)13-14-11/h2-5H,6-7H2,1H3. The van der Waals surface area contributed by atoms with Crippen molar-refractivity contribution in [1.29, 1.82) is 0 Å². The molecule has 0 saturated carbocycles. The first-order valence-corrected chi connectivity index (χ1v) is 6.22. The van der Waals surface area contributed by atoms with Gasteiger partial charge in [0.1, 0.15) is 5.03 Å². The Balaban J connectivity index is 2.35. The number of nitrogens with zero attached hydrogens (tertiary/aromatic N) is 2. The highest BCUT2D eigenvalue weighted by Crippen LogP contribution is 2.28. The van der Waals surface area contributed by atoms with Crippen LogP contribution in [0.25, 0.3) is 10.8 Å². The highest BCUT2D eigenvalue weighted by molar-refractivity contribution is 7.99. The summed E-state index contributed by atoms with van der Waals surface area (Å²) in [5.41, 5.74) is 0. The molecule has 0 atom stereocenters. The van der Waals surface area contributed by atoms with Gasteiger partial charge in [-0.1, -0.05) is 35.9 Å². The number of fused-ring (bicyclic) bond motifs is 1. The summed E-state index contributed by atoms with van der Waals surface area (Å²) in [6, 6.07) is 7.87. The minimum atomic E-state index is 0.451. The highest BCUT2D eigenvalue weighted by atomic mass is 35.5. The molecule has 1 aromatic heterocycles. The number of methoxy groups -OCH3 is 1.